The largest absolute Gasteiger partial charge is 0.462 e. The molecular formula is C24H25NO3. The van der Waals surface area contributed by atoms with E-state index in [0.717, 1.165) is 11.1 Å². The number of benzene rings is 2. The highest BCUT2D eigenvalue weighted by Gasteiger charge is 2.19. The van der Waals surface area contributed by atoms with Crippen molar-refractivity contribution >= 4 is 5.97 Å². The molecular weight excluding hydrogens is 350 g/mol. The molecule has 0 radical (unpaired) electrons. The third-order valence-corrected chi connectivity index (χ3v) is 4.80. The fourth-order valence-electron chi connectivity index (χ4n) is 3.48. The fraction of sp³-hybridized carbons (Fsp3) is 0.250. The molecule has 4 heteroatoms. The van der Waals surface area contributed by atoms with E-state index < -0.39 is 11.5 Å². The second-order valence-electron chi connectivity index (χ2n) is 7.00. The van der Waals surface area contributed by atoms with Crippen LogP contribution in [0.2, 0.25) is 0 Å². The number of carbonyl (C=O) groups is 1. The Labute approximate surface area is 165 Å². The topological polar surface area (TPSA) is 59.2 Å². The third kappa shape index (κ3) is 4.06. The number of ether oxygens (including phenoxy) is 1. The lowest BCUT2D eigenvalue weighted by molar-refractivity contribution is 0.0523. The van der Waals surface area contributed by atoms with Crippen LogP contribution in [-0.2, 0) is 11.2 Å². The Morgan fingerprint density at radius 2 is 1.64 bits per heavy atom. The first-order valence-electron chi connectivity index (χ1n) is 9.57. The number of nitrogens with one attached hydrogen (secondary N) is 1. The van der Waals surface area contributed by atoms with Crippen molar-refractivity contribution in [1.82, 2.24) is 4.98 Å². The highest BCUT2D eigenvalue weighted by atomic mass is 16.5. The Morgan fingerprint density at radius 1 is 0.964 bits per heavy atom. The number of esters is 1. The molecule has 1 heterocycles. The molecule has 1 N–H and O–H groups in total. The van der Waals surface area contributed by atoms with Gasteiger partial charge in [0.15, 0.2) is 0 Å². The van der Waals surface area contributed by atoms with Gasteiger partial charge in [0.1, 0.15) is 5.56 Å². The van der Waals surface area contributed by atoms with Gasteiger partial charge in [-0.1, -0.05) is 62.4 Å². The van der Waals surface area contributed by atoms with Gasteiger partial charge >= 0.3 is 5.97 Å². The van der Waals surface area contributed by atoms with Gasteiger partial charge in [0.2, 0.25) is 0 Å². The van der Waals surface area contributed by atoms with Crippen LogP contribution >= 0.6 is 0 Å². The zero-order valence-corrected chi connectivity index (χ0v) is 16.5. The molecule has 0 bridgehead atoms. The summed E-state index contributed by atoms with van der Waals surface area (Å²) in [7, 11) is 0. The summed E-state index contributed by atoms with van der Waals surface area (Å²) in [5.41, 5.74) is 4.94. The maximum absolute atomic E-state index is 12.3. The summed E-state index contributed by atoms with van der Waals surface area (Å²) in [6.07, 6.45) is 2.05. The van der Waals surface area contributed by atoms with E-state index in [4.69, 9.17) is 4.74 Å². The highest BCUT2D eigenvalue weighted by molar-refractivity contribution is 5.91. The van der Waals surface area contributed by atoms with Crippen molar-refractivity contribution < 1.29 is 9.53 Å². The normalized spacial score (nSPS) is 10.9. The summed E-state index contributed by atoms with van der Waals surface area (Å²) in [5.74, 6) is -0.196. The average Bonchev–Trinajstić information content (AvgIpc) is 2.68. The van der Waals surface area contributed by atoms with Crippen molar-refractivity contribution in [2.75, 3.05) is 6.61 Å². The first-order valence-corrected chi connectivity index (χ1v) is 9.57. The first-order chi connectivity index (χ1) is 13.5. The summed E-state index contributed by atoms with van der Waals surface area (Å²) in [4.78, 5) is 27.2. The number of pyridine rings is 1. The van der Waals surface area contributed by atoms with Crippen LogP contribution in [0.3, 0.4) is 0 Å². The number of aromatic nitrogens is 1. The first kappa shape index (κ1) is 19.6. The Hall–Kier alpha value is -3.14. The Bertz CT molecular complexity index is 1030. The van der Waals surface area contributed by atoms with Gasteiger partial charge < -0.3 is 9.72 Å². The van der Waals surface area contributed by atoms with Gasteiger partial charge in [0.05, 0.1) is 6.61 Å². The minimum absolute atomic E-state index is 0.0799. The van der Waals surface area contributed by atoms with Crippen molar-refractivity contribution in [2.24, 2.45) is 0 Å². The van der Waals surface area contributed by atoms with E-state index in [0.29, 0.717) is 17.9 Å². The van der Waals surface area contributed by atoms with Crippen LogP contribution in [0.4, 0.5) is 0 Å². The molecule has 4 nitrogen and oxygen atoms in total. The van der Waals surface area contributed by atoms with E-state index in [1.807, 2.05) is 24.3 Å². The van der Waals surface area contributed by atoms with Gasteiger partial charge in [-0.15, -0.1) is 0 Å². The van der Waals surface area contributed by atoms with Crippen LogP contribution in [-0.4, -0.2) is 17.6 Å². The predicted octanol–water partition coefficient (Wildman–Crippen LogP) is 4.93. The summed E-state index contributed by atoms with van der Waals surface area (Å²) < 4.78 is 5.09. The van der Waals surface area contributed by atoms with Gasteiger partial charge in [-0.3, -0.25) is 4.79 Å². The number of hydrogen-bond acceptors (Lipinski definition) is 3. The average molecular weight is 375 g/mol. The predicted molar refractivity (Wildman–Crippen MR) is 112 cm³/mol. The van der Waals surface area contributed by atoms with E-state index in [-0.39, 0.29) is 12.2 Å². The molecule has 0 atom stereocenters. The van der Waals surface area contributed by atoms with Crippen molar-refractivity contribution in [3.63, 3.8) is 0 Å². The fourth-order valence-corrected chi connectivity index (χ4v) is 3.48. The van der Waals surface area contributed by atoms with Gasteiger partial charge in [-0.2, -0.15) is 0 Å². The lowest BCUT2D eigenvalue weighted by Gasteiger charge is -2.17. The molecule has 0 saturated carbocycles. The number of carbonyl (C=O) groups excluding carboxylic acids is 1. The lowest BCUT2D eigenvalue weighted by Crippen LogP contribution is -2.22. The molecule has 0 saturated heterocycles. The summed E-state index contributed by atoms with van der Waals surface area (Å²) in [5, 5.41) is 0. The third-order valence-electron chi connectivity index (χ3n) is 4.80. The number of rotatable bonds is 6. The molecule has 3 rings (SSSR count). The molecule has 0 unspecified atom stereocenters. The zero-order chi connectivity index (χ0) is 20.1. The smallest absolute Gasteiger partial charge is 0.344 e. The quantitative estimate of drug-likeness (QED) is 0.621. The molecule has 3 aromatic rings. The van der Waals surface area contributed by atoms with Crippen molar-refractivity contribution in [2.45, 2.75) is 33.1 Å². The number of hydrogen-bond donors (Lipinski definition) is 1. The highest BCUT2D eigenvalue weighted by Crippen LogP contribution is 2.32. The maximum atomic E-state index is 12.3. The van der Waals surface area contributed by atoms with Gasteiger partial charge in [0, 0.05) is 6.20 Å². The molecule has 0 spiro atoms. The number of H-pyrrole nitrogens is 1. The van der Waals surface area contributed by atoms with Crippen LogP contribution in [0.25, 0.3) is 11.1 Å². The van der Waals surface area contributed by atoms with Crippen LogP contribution in [0.15, 0.2) is 65.6 Å². The van der Waals surface area contributed by atoms with Gasteiger partial charge in [0.25, 0.3) is 5.56 Å². The van der Waals surface area contributed by atoms with Crippen molar-refractivity contribution in [3.8, 4) is 11.1 Å². The summed E-state index contributed by atoms with van der Waals surface area (Å²) >= 11 is 0. The monoisotopic (exact) mass is 375 g/mol. The molecule has 28 heavy (non-hydrogen) atoms. The lowest BCUT2D eigenvalue weighted by atomic mass is 9.88. The molecule has 1 aromatic heterocycles. The van der Waals surface area contributed by atoms with Crippen LogP contribution < -0.4 is 5.56 Å². The van der Waals surface area contributed by atoms with E-state index in [9.17, 15) is 9.59 Å². The summed E-state index contributed by atoms with van der Waals surface area (Å²) in [6, 6.07) is 18.3. The summed E-state index contributed by atoms with van der Waals surface area (Å²) in [6.45, 7) is 6.31. The Kier molecular flexibility index (Phi) is 6.09. The Balaban J connectivity index is 2.09. The van der Waals surface area contributed by atoms with E-state index in [1.54, 1.807) is 19.2 Å². The SMILES string of the molecule is CCOC(=O)c1c(Cc2ccccc2-c2ccccc2C(C)C)cc[nH]c1=O. The van der Waals surface area contributed by atoms with Crippen LogP contribution in [0.5, 0.6) is 0 Å². The Morgan fingerprint density at radius 3 is 2.36 bits per heavy atom. The zero-order valence-electron chi connectivity index (χ0n) is 16.5. The van der Waals surface area contributed by atoms with Crippen molar-refractivity contribution in [3.05, 3.63) is 93.4 Å². The van der Waals surface area contributed by atoms with E-state index in [1.165, 1.54) is 11.1 Å². The number of aromatic amines is 1. The van der Waals surface area contributed by atoms with Gasteiger partial charge in [-0.05, 0) is 53.1 Å². The van der Waals surface area contributed by atoms with Crippen molar-refractivity contribution in [1.29, 1.82) is 0 Å². The molecule has 0 fully saturated rings. The molecule has 0 aliphatic carbocycles. The maximum Gasteiger partial charge on any atom is 0.344 e. The van der Waals surface area contributed by atoms with E-state index >= 15 is 0 Å². The molecule has 0 aliphatic rings. The second-order valence-corrected chi connectivity index (χ2v) is 7.00. The molecule has 2 aromatic carbocycles. The molecule has 144 valence electrons. The minimum atomic E-state index is -0.584. The molecule has 0 amide bonds. The van der Waals surface area contributed by atoms with Crippen LogP contribution in [0.1, 0.15) is 53.7 Å². The standard InChI is InChI=1S/C24H25NO3/c1-4-28-24(27)22-18(13-14-25-23(22)26)15-17-9-5-6-11-20(17)21-12-8-7-10-19(21)16(2)3/h5-14,16H,4,15H2,1-3H3,(H,25,26). The molecule has 0 aliphatic heterocycles. The van der Waals surface area contributed by atoms with Crippen LogP contribution in [0, 0.1) is 0 Å². The minimum Gasteiger partial charge on any atom is -0.462 e. The van der Waals surface area contributed by atoms with Gasteiger partial charge in [-0.25, -0.2) is 4.79 Å². The van der Waals surface area contributed by atoms with E-state index in [2.05, 4.69) is 43.1 Å². The second kappa shape index (κ2) is 8.70.